The first-order chi connectivity index (χ1) is 13.5. The Hall–Kier alpha value is -2.79. The van der Waals surface area contributed by atoms with Crippen molar-refractivity contribution in [3.05, 3.63) is 70.3 Å². The van der Waals surface area contributed by atoms with Gasteiger partial charge >= 0.3 is 0 Å². The highest BCUT2D eigenvalue weighted by Crippen LogP contribution is 2.40. The molecule has 3 rings (SSSR count). The summed E-state index contributed by atoms with van der Waals surface area (Å²) in [7, 11) is 0. The summed E-state index contributed by atoms with van der Waals surface area (Å²) in [6.45, 7) is 4.72. The van der Waals surface area contributed by atoms with Gasteiger partial charge in [-0.05, 0) is 43.2 Å². The Balaban J connectivity index is 2.18. The largest absolute Gasteiger partial charge is 0.507 e. The number of halogens is 1. The minimum Gasteiger partial charge on any atom is -0.507 e. The first-order valence-electron chi connectivity index (χ1n) is 9.25. The average molecular weight is 400 g/mol. The summed E-state index contributed by atoms with van der Waals surface area (Å²) in [6.07, 6.45) is 0.686. The van der Waals surface area contributed by atoms with Crippen molar-refractivity contribution in [3.8, 4) is 5.75 Å². The highest BCUT2D eigenvalue weighted by Gasteiger charge is 2.45. The zero-order valence-corrected chi connectivity index (χ0v) is 16.6. The fourth-order valence-electron chi connectivity index (χ4n) is 3.43. The second-order valence-corrected chi connectivity index (χ2v) is 6.94. The summed E-state index contributed by atoms with van der Waals surface area (Å²) in [5.74, 6) is -0.897. The molecule has 28 heavy (non-hydrogen) atoms. The van der Waals surface area contributed by atoms with Crippen molar-refractivity contribution in [2.45, 2.75) is 26.3 Å². The Bertz CT molecular complexity index is 938. The summed E-state index contributed by atoms with van der Waals surface area (Å²) in [6, 6.07) is 13.2. The van der Waals surface area contributed by atoms with Crippen molar-refractivity contribution in [1.29, 1.82) is 0 Å². The van der Waals surface area contributed by atoms with Crippen LogP contribution in [-0.2, 0) is 9.59 Å². The molecule has 0 radical (unpaired) electrons. The lowest BCUT2D eigenvalue weighted by atomic mass is 9.95. The minimum atomic E-state index is -0.697. The van der Waals surface area contributed by atoms with Gasteiger partial charge in [-0.3, -0.25) is 9.59 Å². The van der Waals surface area contributed by atoms with Gasteiger partial charge in [-0.1, -0.05) is 42.8 Å². The molecule has 1 heterocycles. The third kappa shape index (κ3) is 3.76. The Morgan fingerprint density at radius 3 is 2.57 bits per heavy atom. The van der Waals surface area contributed by atoms with Gasteiger partial charge in [-0.2, -0.15) is 0 Å². The molecule has 146 valence electrons. The van der Waals surface area contributed by atoms with Gasteiger partial charge in [0.1, 0.15) is 11.5 Å². The van der Waals surface area contributed by atoms with Gasteiger partial charge in [0.15, 0.2) is 0 Å². The molecule has 0 aliphatic carbocycles. The van der Waals surface area contributed by atoms with Crippen molar-refractivity contribution >= 4 is 29.1 Å². The van der Waals surface area contributed by atoms with Gasteiger partial charge in [-0.15, -0.1) is 0 Å². The molecule has 1 saturated heterocycles. The number of nitrogens with zero attached hydrogens (tertiary/aromatic N) is 1. The van der Waals surface area contributed by atoms with Gasteiger partial charge < -0.3 is 14.7 Å². The monoisotopic (exact) mass is 399 g/mol. The van der Waals surface area contributed by atoms with Crippen LogP contribution >= 0.6 is 11.6 Å². The number of ketones is 1. The van der Waals surface area contributed by atoms with Gasteiger partial charge in [-0.25, -0.2) is 0 Å². The van der Waals surface area contributed by atoms with Crippen molar-refractivity contribution in [2.24, 2.45) is 0 Å². The number of rotatable bonds is 6. The van der Waals surface area contributed by atoms with E-state index in [-0.39, 0.29) is 11.3 Å². The van der Waals surface area contributed by atoms with Crippen molar-refractivity contribution in [1.82, 2.24) is 4.90 Å². The smallest absolute Gasteiger partial charge is 0.295 e. The summed E-state index contributed by atoms with van der Waals surface area (Å²) < 4.78 is 5.57. The number of likely N-dealkylation sites (tertiary alicyclic amines) is 1. The van der Waals surface area contributed by atoms with Gasteiger partial charge in [0.25, 0.3) is 11.7 Å². The van der Waals surface area contributed by atoms with Crippen LogP contribution in [0.2, 0.25) is 5.02 Å². The molecule has 6 heteroatoms. The predicted octanol–water partition coefficient (Wildman–Crippen LogP) is 4.57. The molecule has 0 aromatic heterocycles. The molecule has 1 atom stereocenters. The van der Waals surface area contributed by atoms with E-state index < -0.39 is 17.7 Å². The quantitative estimate of drug-likeness (QED) is 0.439. The topological polar surface area (TPSA) is 66.8 Å². The number of hydrogen-bond donors (Lipinski definition) is 1. The van der Waals surface area contributed by atoms with E-state index in [9.17, 15) is 14.7 Å². The van der Waals surface area contributed by atoms with Crippen LogP contribution in [0.1, 0.15) is 37.4 Å². The SMILES string of the molecule is CCCN1C(=O)C(=O)/C(=C(\O)c2cccc(Cl)c2)C1c1cccc(OCC)c1. The summed E-state index contributed by atoms with van der Waals surface area (Å²) in [5, 5.41) is 11.3. The van der Waals surface area contributed by atoms with Gasteiger partial charge in [0.05, 0.1) is 18.2 Å². The van der Waals surface area contributed by atoms with E-state index in [2.05, 4.69) is 0 Å². The van der Waals surface area contributed by atoms with E-state index in [4.69, 9.17) is 16.3 Å². The number of hydrogen-bond acceptors (Lipinski definition) is 4. The van der Waals surface area contributed by atoms with E-state index in [1.165, 1.54) is 4.90 Å². The van der Waals surface area contributed by atoms with E-state index in [0.29, 0.717) is 41.5 Å². The Labute approximate surface area is 169 Å². The number of benzene rings is 2. The highest BCUT2D eigenvalue weighted by atomic mass is 35.5. The Morgan fingerprint density at radius 1 is 1.14 bits per heavy atom. The van der Waals surface area contributed by atoms with Crippen LogP contribution in [0, 0.1) is 0 Å². The van der Waals surface area contributed by atoms with Crippen molar-refractivity contribution in [2.75, 3.05) is 13.2 Å². The van der Waals surface area contributed by atoms with Crippen LogP contribution in [0.25, 0.3) is 5.76 Å². The second kappa shape index (κ2) is 8.48. The van der Waals surface area contributed by atoms with Crippen LogP contribution in [0.15, 0.2) is 54.1 Å². The summed E-state index contributed by atoms with van der Waals surface area (Å²) in [5.41, 5.74) is 1.17. The minimum absolute atomic E-state index is 0.0642. The predicted molar refractivity (Wildman–Crippen MR) is 108 cm³/mol. The number of Topliss-reactive ketones (excluding diaryl/α,β-unsaturated/α-hetero) is 1. The molecule has 1 fully saturated rings. The summed E-state index contributed by atoms with van der Waals surface area (Å²) in [4.78, 5) is 27.0. The maximum absolute atomic E-state index is 12.8. The van der Waals surface area contributed by atoms with Crippen molar-refractivity contribution < 1.29 is 19.4 Å². The Kier molecular flexibility index (Phi) is 6.05. The molecule has 2 aromatic carbocycles. The average Bonchev–Trinajstić information content (AvgIpc) is 2.93. The van der Waals surface area contributed by atoms with Crippen LogP contribution < -0.4 is 4.74 Å². The third-order valence-electron chi connectivity index (χ3n) is 4.59. The highest BCUT2D eigenvalue weighted by molar-refractivity contribution is 6.46. The van der Waals surface area contributed by atoms with Crippen molar-refractivity contribution in [3.63, 3.8) is 0 Å². The molecule has 0 bridgehead atoms. The first-order valence-corrected chi connectivity index (χ1v) is 9.62. The zero-order chi connectivity index (χ0) is 20.3. The number of carbonyl (C=O) groups is 2. The maximum Gasteiger partial charge on any atom is 0.295 e. The molecule has 1 N–H and O–H groups in total. The molecule has 1 aliphatic rings. The zero-order valence-electron chi connectivity index (χ0n) is 15.8. The van der Waals surface area contributed by atoms with Crippen LogP contribution in [0.3, 0.4) is 0 Å². The number of aliphatic hydroxyl groups excluding tert-OH is 1. The molecule has 0 spiro atoms. The Morgan fingerprint density at radius 2 is 1.89 bits per heavy atom. The number of aliphatic hydroxyl groups is 1. The lowest BCUT2D eigenvalue weighted by Crippen LogP contribution is -2.30. The lowest BCUT2D eigenvalue weighted by molar-refractivity contribution is -0.139. The van der Waals surface area contributed by atoms with Crippen LogP contribution in [0.4, 0.5) is 0 Å². The molecule has 1 unspecified atom stereocenters. The normalized spacial score (nSPS) is 18.5. The standard InChI is InChI=1S/C22H22ClNO4/c1-3-11-24-19(14-7-6-10-17(13-14)28-4-2)18(21(26)22(24)27)20(25)15-8-5-9-16(23)12-15/h5-10,12-13,19,25H,3-4,11H2,1-2H3/b20-18-. The molecular formula is C22H22ClNO4. The molecule has 1 aliphatic heterocycles. The fourth-order valence-corrected chi connectivity index (χ4v) is 3.62. The van der Waals surface area contributed by atoms with Crippen LogP contribution in [-0.4, -0.2) is 34.8 Å². The first kappa shape index (κ1) is 20.0. The summed E-state index contributed by atoms with van der Waals surface area (Å²) >= 11 is 6.04. The fraction of sp³-hybridized carbons (Fsp3) is 0.273. The molecule has 2 aromatic rings. The number of amides is 1. The molecule has 5 nitrogen and oxygen atoms in total. The van der Waals surface area contributed by atoms with E-state index >= 15 is 0 Å². The second-order valence-electron chi connectivity index (χ2n) is 6.51. The lowest BCUT2D eigenvalue weighted by Gasteiger charge is -2.25. The van der Waals surface area contributed by atoms with Gasteiger partial charge in [0.2, 0.25) is 0 Å². The molecular weight excluding hydrogens is 378 g/mol. The molecule has 0 saturated carbocycles. The van der Waals surface area contributed by atoms with Gasteiger partial charge in [0, 0.05) is 17.1 Å². The number of carbonyl (C=O) groups excluding carboxylic acids is 2. The van der Waals surface area contributed by atoms with Crippen LogP contribution in [0.5, 0.6) is 5.75 Å². The van der Waals surface area contributed by atoms with E-state index in [1.54, 1.807) is 30.3 Å². The third-order valence-corrected chi connectivity index (χ3v) is 4.82. The maximum atomic E-state index is 12.8. The molecule has 1 amide bonds. The van der Waals surface area contributed by atoms with E-state index in [1.807, 2.05) is 32.0 Å². The number of ether oxygens (including phenoxy) is 1. The van der Waals surface area contributed by atoms with E-state index in [0.717, 1.165) is 0 Å².